The molecule has 34 heavy (non-hydrogen) atoms. The van der Waals surface area contributed by atoms with Crippen LogP contribution in [-0.4, -0.2) is 38.7 Å². The Bertz CT molecular complexity index is 872. The van der Waals surface area contributed by atoms with Crippen molar-refractivity contribution >= 4 is 10.1 Å². The molecule has 4 nitrogen and oxygen atoms in total. The lowest BCUT2D eigenvalue weighted by atomic mass is 9.47. The van der Waals surface area contributed by atoms with E-state index in [0.717, 1.165) is 57.8 Å². The third-order valence-electron chi connectivity index (χ3n) is 10.7. The Balaban J connectivity index is 1.59. The smallest absolute Gasteiger partial charge is 0.264 e. The predicted molar refractivity (Wildman–Crippen MR) is 134 cm³/mol. The summed E-state index contributed by atoms with van der Waals surface area (Å²) >= 11 is 0. The fraction of sp³-hybridized carbons (Fsp3) is 0.929. The summed E-state index contributed by atoms with van der Waals surface area (Å²) in [5, 5.41) is 10.3. The first-order valence-corrected chi connectivity index (χ1v) is 15.5. The van der Waals surface area contributed by atoms with Gasteiger partial charge in [-0.15, -0.1) is 0 Å². The molecule has 0 aromatic rings. The number of alkyl halides is 1. The van der Waals surface area contributed by atoms with E-state index in [0.29, 0.717) is 23.7 Å². The standard InChI is InChI=1S/C28H47FO4S/c1-18(17-29)7-6-8-19(2)26-25(33-34(5,31)32)16-24-22-10-9-20-15-21(30)11-13-27(20,3)23(22)12-14-28(24,26)4/h9,18-19,21-26,30H,6-8,10-17H2,1-5H3/t18-,19-,21+,22?,23?,24+,25+,26+,27?,28+/m1/s1. The van der Waals surface area contributed by atoms with Crippen molar-refractivity contribution in [3.05, 3.63) is 11.6 Å². The fourth-order valence-electron chi connectivity index (χ4n) is 9.05. The van der Waals surface area contributed by atoms with Crippen molar-refractivity contribution in [3.63, 3.8) is 0 Å². The SMILES string of the molecule is C[C@@H](CF)CCC[C@@H](C)[C@H]1[C@@H](OS(C)(=O)=O)C[C@H]2C3CC=C4C[C@@H](O)CCC4(C)C3CC[C@]12C. The summed E-state index contributed by atoms with van der Waals surface area (Å²) < 4.78 is 43.3. The van der Waals surface area contributed by atoms with E-state index in [1.165, 1.54) is 18.2 Å². The molecule has 0 aromatic heterocycles. The maximum atomic E-state index is 13.0. The van der Waals surface area contributed by atoms with Crippen LogP contribution in [0.3, 0.4) is 0 Å². The van der Waals surface area contributed by atoms with Gasteiger partial charge in [0.15, 0.2) is 0 Å². The molecule has 4 aliphatic carbocycles. The Labute approximate surface area is 207 Å². The molecular weight excluding hydrogens is 451 g/mol. The molecule has 1 N–H and O–H groups in total. The summed E-state index contributed by atoms with van der Waals surface area (Å²) in [5.74, 6) is 2.27. The highest BCUT2D eigenvalue weighted by atomic mass is 32.2. The van der Waals surface area contributed by atoms with Gasteiger partial charge in [-0.05, 0) is 97.7 Å². The maximum Gasteiger partial charge on any atom is 0.264 e. The van der Waals surface area contributed by atoms with E-state index in [1.54, 1.807) is 0 Å². The second kappa shape index (κ2) is 9.78. The van der Waals surface area contributed by atoms with Crippen LogP contribution in [0.4, 0.5) is 4.39 Å². The summed E-state index contributed by atoms with van der Waals surface area (Å²) in [5.41, 5.74) is 1.70. The van der Waals surface area contributed by atoms with Gasteiger partial charge >= 0.3 is 0 Å². The van der Waals surface area contributed by atoms with E-state index in [-0.39, 0.29) is 41.5 Å². The molecule has 0 radical (unpaired) electrons. The molecule has 0 amide bonds. The molecule has 6 heteroatoms. The van der Waals surface area contributed by atoms with Gasteiger partial charge in [0.05, 0.1) is 25.1 Å². The maximum absolute atomic E-state index is 13.0. The molecule has 0 saturated heterocycles. The van der Waals surface area contributed by atoms with Gasteiger partial charge in [0.1, 0.15) is 0 Å². The zero-order chi connectivity index (χ0) is 24.9. The van der Waals surface area contributed by atoms with Crippen molar-refractivity contribution in [3.8, 4) is 0 Å². The highest BCUT2D eigenvalue weighted by molar-refractivity contribution is 7.86. The number of halogens is 1. The van der Waals surface area contributed by atoms with Crippen LogP contribution in [0.2, 0.25) is 0 Å². The lowest BCUT2D eigenvalue weighted by Gasteiger charge is -2.58. The van der Waals surface area contributed by atoms with Crippen molar-refractivity contribution in [1.29, 1.82) is 0 Å². The van der Waals surface area contributed by atoms with Gasteiger partial charge in [0, 0.05) is 0 Å². The van der Waals surface area contributed by atoms with Gasteiger partial charge in [0.2, 0.25) is 0 Å². The second-order valence-electron chi connectivity index (χ2n) is 13.0. The molecule has 10 atom stereocenters. The summed E-state index contributed by atoms with van der Waals surface area (Å²) in [6, 6.07) is 0. The molecule has 196 valence electrons. The van der Waals surface area contributed by atoms with E-state index in [2.05, 4.69) is 26.8 Å². The first kappa shape index (κ1) is 26.6. The van der Waals surface area contributed by atoms with Crippen LogP contribution in [0, 0.1) is 46.3 Å². The largest absolute Gasteiger partial charge is 0.393 e. The van der Waals surface area contributed by atoms with Gasteiger partial charge in [-0.2, -0.15) is 8.42 Å². The molecule has 4 rings (SSSR count). The number of hydrogen-bond donors (Lipinski definition) is 1. The molecule has 0 heterocycles. The predicted octanol–water partition coefficient (Wildman–Crippen LogP) is 6.29. The minimum atomic E-state index is -3.54. The van der Waals surface area contributed by atoms with Crippen LogP contribution in [0.5, 0.6) is 0 Å². The third-order valence-corrected chi connectivity index (χ3v) is 11.3. The Morgan fingerprint density at radius 3 is 2.59 bits per heavy atom. The van der Waals surface area contributed by atoms with E-state index >= 15 is 0 Å². The number of rotatable bonds is 8. The van der Waals surface area contributed by atoms with E-state index in [1.807, 2.05) is 6.92 Å². The van der Waals surface area contributed by atoms with Crippen LogP contribution < -0.4 is 0 Å². The monoisotopic (exact) mass is 498 g/mol. The van der Waals surface area contributed by atoms with Crippen LogP contribution in [0.15, 0.2) is 11.6 Å². The van der Waals surface area contributed by atoms with Crippen molar-refractivity contribution in [2.24, 2.45) is 46.3 Å². The Hall–Kier alpha value is -0.460. The van der Waals surface area contributed by atoms with Gasteiger partial charge in [0.25, 0.3) is 10.1 Å². The summed E-state index contributed by atoms with van der Waals surface area (Å²) in [6.45, 7) is 8.80. The number of aliphatic hydroxyl groups excluding tert-OH is 1. The average molecular weight is 499 g/mol. The first-order chi connectivity index (χ1) is 15.9. The van der Waals surface area contributed by atoms with Crippen molar-refractivity contribution in [2.75, 3.05) is 12.9 Å². The average Bonchev–Trinajstić information content (AvgIpc) is 3.04. The lowest BCUT2D eigenvalue weighted by molar-refractivity contribution is -0.0608. The van der Waals surface area contributed by atoms with Crippen LogP contribution in [0.1, 0.15) is 91.9 Å². The molecule has 0 aliphatic heterocycles. The molecule has 0 bridgehead atoms. The van der Waals surface area contributed by atoms with Gasteiger partial charge in [-0.25, -0.2) is 0 Å². The molecular formula is C28H47FO4S. The highest BCUT2D eigenvalue weighted by Crippen LogP contribution is 2.67. The number of allylic oxidation sites excluding steroid dienone is 1. The fourth-order valence-corrected chi connectivity index (χ4v) is 9.70. The highest BCUT2D eigenvalue weighted by Gasteiger charge is 2.62. The Kier molecular flexibility index (Phi) is 7.65. The number of hydrogen-bond acceptors (Lipinski definition) is 4. The number of aliphatic hydroxyl groups is 1. The van der Waals surface area contributed by atoms with Crippen LogP contribution in [0.25, 0.3) is 0 Å². The van der Waals surface area contributed by atoms with E-state index in [9.17, 15) is 17.9 Å². The minimum Gasteiger partial charge on any atom is -0.393 e. The molecule has 0 spiro atoms. The van der Waals surface area contributed by atoms with E-state index in [4.69, 9.17) is 4.18 Å². The zero-order valence-corrected chi connectivity index (χ0v) is 22.7. The zero-order valence-electron chi connectivity index (χ0n) is 21.9. The van der Waals surface area contributed by atoms with Crippen LogP contribution in [-0.2, 0) is 14.3 Å². The molecule has 0 aromatic carbocycles. The quantitative estimate of drug-likeness (QED) is 0.315. The minimum absolute atomic E-state index is 0.0670. The van der Waals surface area contributed by atoms with Crippen molar-refractivity contribution < 1.29 is 22.1 Å². The summed E-state index contributed by atoms with van der Waals surface area (Å²) in [4.78, 5) is 0. The first-order valence-electron chi connectivity index (χ1n) is 13.7. The topological polar surface area (TPSA) is 63.6 Å². The van der Waals surface area contributed by atoms with Gasteiger partial charge in [-0.3, -0.25) is 8.57 Å². The lowest BCUT2D eigenvalue weighted by Crippen LogP contribution is -2.51. The summed E-state index contributed by atoms with van der Waals surface area (Å²) in [7, 11) is -3.54. The van der Waals surface area contributed by atoms with Crippen molar-refractivity contribution in [1.82, 2.24) is 0 Å². The van der Waals surface area contributed by atoms with E-state index < -0.39 is 10.1 Å². The van der Waals surface area contributed by atoms with Crippen LogP contribution >= 0.6 is 0 Å². The van der Waals surface area contributed by atoms with Crippen molar-refractivity contribution in [2.45, 2.75) is 104 Å². The second-order valence-corrected chi connectivity index (χ2v) is 14.6. The Morgan fingerprint density at radius 1 is 1.18 bits per heavy atom. The van der Waals surface area contributed by atoms with Gasteiger partial charge in [-0.1, -0.05) is 52.2 Å². The number of fused-ring (bicyclic) bond motifs is 5. The summed E-state index contributed by atoms with van der Waals surface area (Å²) in [6.07, 6.45) is 12.9. The normalized spacial score (nSPS) is 43.9. The molecule has 3 saturated carbocycles. The third kappa shape index (κ3) is 4.89. The molecule has 3 unspecified atom stereocenters. The van der Waals surface area contributed by atoms with Gasteiger partial charge < -0.3 is 5.11 Å². The molecule has 3 fully saturated rings. The Morgan fingerprint density at radius 2 is 1.91 bits per heavy atom. The molecule has 4 aliphatic rings.